The van der Waals surface area contributed by atoms with Gasteiger partial charge in [-0.2, -0.15) is 0 Å². The third-order valence-corrected chi connectivity index (χ3v) is 7.89. The van der Waals surface area contributed by atoms with Gasteiger partial charge in [-0.1, -0.05) is 64.8 Å². The zero-order valence-corrected chi connectivity index (χ0v) is 22.1. The molecule has 1 aliphatic carbocycles. The molecule has 34 heavy (non-hydrogen) atoms. The number of benzene rings is 4. The second-order valence-corrected chi connectivity index (χ2v) is 10.1. The van der Waals surface area contributed by atoms with Crippen LogP contribution in [0, 0.1) is 13.8 Å². The van der Waals surface area contributed by atoms with Gasteiger partial charge in [-0.15, -0.1) is 33.7 Å². The summed E-state index contributed by atoms with van der Waals surface area (Å²) in [5.74, 6) is 0. The number of fused-ring (bicyclic) bond motifs is 3. The molecule has 5 aromatic rings. The Labute approximate surface area is 217 Å². The van der Waals surface area contributed by atoms with Crippen LogP contribution in [0.25, 0.3) is 27.1 Å². The molecule has 0 fully saturated rings. The molecular weight excluding hydrogens is 488 g/mol. The number of rotatable bonds is 3. The van der Waals surface area contributed by atoms with Gasteiger partial charge < -0.3 is 0 Å². The van der Waals surface area contributed by atoms with Crippen molar-refractivity contribution >= 4 is 30.3 Å². The Kier molecular flexibility index (Phi) is 6.75. The van der Waals surface area contributed by atoms with Crippen molar-refractivity contribution in [3.63, 3.8) is 0 Å². The van der Waals surface area contributed by atoms with Crippen LogP contribution in [-0.4, -0.2) is 3.21 Å². The van der Waals surface area contributed by atoms with Crippen molar-refractivity contribution in [1.29, 1.82) is 0 Å². The standard InChI is InChI=1S/C20H17.C13H10.Zr/c1-13-7-9-17-16(11-13)12-19-18(17)10-8-14(2)20(19)15-5-3-4-6-15;1-3-7-12(8-4-1)11-13-9-5-2-6-10-13;/h3-5,7-12H,6H2,1-2H3;1-10H;/q-1;;. The molecule has 0 radical (unpaired) electrons. The second-order valence-electron chi connectivity index (χ2n) is 8.88. The monoisotopic (exact) mass is 513 g/mol. The zero-order valence-electron chi connectivity index (χ0n) is 19.7. The van der Waals surface area contributed by atoms with Gasteiger partial charge in [0.2, 0.25) is 0 Å². The molecule has 6 rings (SSSR count). The van der Waals surface area contributed by atoms with Crippen LogP contribution < -0.4 is 0 Å². The van der Waals surface area contributed by atoms with Crippen molar-refractivity contribution in [2.45, 2.75) is 20.3 Å². The minimum atomic E-state index is 1.06. The minimum absolute atomic E-state index is 1.06. The summed E-state index contributed by atoms with van der Waals surface area (Å²) in [5.41, 5.74) is 8.24. The topological polar surface area (TPSA) is 0 Å². The SMILES string of the molecule is Cc1ccc2c(c1)[cH-]c1c(C3=CC=CC3)c(C)ccc12.[Zr]=[C](c1ccccc1)c1ccccc1. The van der Waals surface area contributed by atoms with E-state index in [1.807, 2.05) is 0 Å². The number of allylic oxidation sites excluding steroid dienone is 4. The van der Waals surface area contributed by atoms with E-state index in [1.54, 1.807) is 0 Å². The predicted octanol–water partition coefficient (Wildman–Crippen LogP) is 8.47. The van der Waals surface area contributed by atoms with Gasteiger partial charge in [-0.25, -0.2) is 0 Å². The van der Waals surface area contributed by atoms with Gasteiger partial charge in [0.25, 0.3) is 0 Å². The normalized spacial score (nSPS) is 12.4. The Hall–Kier alpha value is -3.02. The average Bonchev–Trinajstić information content (AvgIpc) is 3.53. The first-order valence-corrected chi connectivity index (χ1v) is 13.0. The molecular formula is C33H27Zr-. The van der Waals surface area contributed by atoms with Gasteiger partial charge in [0.15, 0.2) is 0 Å². The number of aryl methyl sites for hydroxylation is 2. The molecule has 0 saturated heterocycles. The Morgan fingerprint density at radius 2 is 1.41 bits per heavy atom. The van der Waals surface area contributed by atoms with Gasteiger partial charge in [0.1, 0.15) is 0 Å². The van der Waals surface area contributed by atoms with Crippen molar-refractivity contribution in [3.8, 4) is 0 Å². The Bertz CT molecular complexity index is 1490. The molecule has 0 unspecified atom stereocenters. The van der Waals surface area contributed by atoms with Gasteiger partial charge in [-0.05, 0) is 20.3 Å². The molecule has 0 aliphatic heterocycles. The summed E-state index contributed by atoms with van der Waals surface area (Å²) in [6.45, 7) is 4.38. The molecule has 1 heteroatoms. The van der Waals surface area contributed by atoms with Crippen molar-refractivity contribution in [3.05, 3.63) is 143 Å². The van der Waals surface area contributed by atoms with Crippen molar-refractivity contribution in [2.75, 3.05) is 0 Å². The van der Waals surface area contributed by atoms with Crippen molar-refractivity contribution in [2.24, 2.45) is 0 Å². The Balaban J connectivity index is 0.000000152. The van der Waals surface area contributed by atoms with E-state index in [0.717, 1.165) is 6.42 Å². The molecule has 0 N–H and O–H groups in total. The molecule has 0 nitrogen and oxygen atoms in total. The van der Waals surface area contributed by atoms with Crippen LogP contribution in [0.2, 0.25) is 0 Å². The summed E-state index contributed by atoms with van der Waals surface area (Å²) in [4.78, 5) is 0. The van der Waals surface area contributed by atoms with Gasteiger partial charge in [0.05, 0.1) is 0 Å². The molecule has 0 aromatic heterocycles. The van der Waals surface area contributed by atoms with Crippen molar-refractivity contribution < 1.29 is 24.2 Å². The summed E-state index contributed by atoms with van der Waals surface area (Å²) >= 11 is 1.46. The Morgan fingerprint density at radius 3 is 2.03 bits per heavy atom. The fourth-order valence-electron chi connectivity index (χ4n) is 4.75. The van der Waals surface area contributed by atoms with Gasteiger partial charge >= 0.3 is 99.2 Å². The van der Waals surface area contributed by atoms with E-state index < -0.39 is 0 Å². The van der Waals surface area contributed by atoms with Gasteiger partial charge in [0, 0.05) is 0 Å². The van der Waals surface area contributed by atoms with E-state index in [9.17, 15) is 0 Å². The second kappa shape index (κ2) is 10.1. The summed E-state index contributed by atoms with van der Waals surface area (Å²) in [6, 6.07) is 34.7. The fraction of sp³-hybridized carbons (Fsp3) is 0.0909. The molecule has 164 valence electrons. The molecule has 0 saturated carbocycles. The van der Waals surface area contributed by atoms with E-state index in [4.69, 9.17) is 0 Å². The Morgan fingerprint density at radius 1 is 0.765 bits per heavy atom. The van der Waals surface area contributed by atoms with Crippen LogP contribution in [0.3, 0.4) is 0 Å². The van der Waals surface area contributed by atoms with E-state index in [0.29, 0.717) is 0 Å². The first-order valence-electron chi connectivity index (χ1n) is 11.8. The molecule has 0 heterocycles. The van der Waals surface area contributed by atoms with Crippen LogP contribution in [0.1, 0.15) is 34.2 Å². The van der Waals surface area contributed by atoms with Crippen LogP contribution in [0.4, 0.5) is 0 Å². The quantitative estimate of drug-likeness (QED) is 0.212. The molecule has 5 aromatic carbocycles. The third-order valence-electron chi connectivity index (χ3n) is 6.47. The number of hydrogen-bond donors (Lipinski definition) is 0. The van der Waals surface area contributed by atoms with E-state index in [1.165, 1.54) is 82.4 Å². The first-order chi connectivity index (χ1) is 16.6. The average molecular weight is 515 g/mol. The molecule has 0 bridgehead atoms. The summed E-state index contributed by atoms with van der Waals surface area (Å²) in [5, 5.41) is 5.52. The maximum atomic E-state index is 2.36. The molecule has 0 amide bonds. The predicted molar refractivity (Wildman–Crippen MR) is 144 cm³/mol. The van der Waals surface area contributed by atoms with Gasteiger partial charge in [-0.3, -0.25) is 0 Å². The summed E-state index contributed by atoms with van der Waals surface area (Å²) in [6.07, 6.45) is 7.71. The van der Waals surface area contributed by atoms with E-state index in [2.05, 4.69) is 129 Å². The zero-order chi connectivity index (χ0) is 23.5. The van der Waals surface area contributed by atoms with Crippen LogP contribution in [-0.2, 0) is 24.2 Å². The maximum absolute atomic E-state index is 2.36. The van der Waals surface area contributed by atoms with Crippen LogP contribution >= 0.6 is 0 Å². The molecule has 0 spiro atoms. The summed E-state index contributed by atoms with van der Waals surface area (Å²) < 4.78 is 1.42. The third kappa shape index (κ3) is 4.63. The van der Waals surface area contributed by atoms with Crippen LogP contribution in [0.5, 0.6) is 0 Å². The summed E-state index contributed by atoms with van der Waals surface area (Å²) in [7, 11) is 0. The van der Waals surface area contributed by atoms with Crippen LogP contribution in [0.15, 0.2) is 115 Å². The number of hydrogen-bond acceptors (Lipinski definition) is 0. The first kappa shape index (κ1) is 22.8. The fourth-order valence-corrected chi connectivity index (χ4v) is 5.57. The van der Waals surface area contributed by atoms with E-state index >= 15 is 0 Å². The molecule has 1 aliphatic rings. The van der Waals surface area contributed by atoms with Crippen molar-refractivity contribution in [1.82, 2.24) is 0 Å². The molecule has 0 atom stereocenters. The van der Waals surface area contributed by atoms with E-state index in [-0.39, 0.29) is 0 Å².